The number of aromatic nitrogens is 3. The molecule has 2 aromatic heterocycles. The highest BCUT2D eigenvalue weighted by atomic mass is 15.2. The molecule has 0 radical (unpaired) electrons. The van der Waals surface area contributed by atoms with Crippen LogP contribution in [0.4, 0.5) is 5.69 Å². The molecule has 1 aliphatic rings. The second-order valence-electron chi connectivity index (χ2n) is 6.18. The molecule has 0 spiro atoms. The summed E-state index contributed by atoms with van der Waals surface area (Å²) in [4.78, 5) is 11.0. The van der Waals surface area contributed by atoms with Crippen molar-refractivity contribution < 1.29 is 0 Å². The van der Waals surface area contributed by atoms with Crippen molar-refractivity contribution in [2.75, 3.05) is 4.90 Å². The average Bonchev–Trinajstić information content (AvgIpc) is 3.28. The number of hydrogen-bond acceptors (Lipinski definition) is 3. The lowest BCUT2D eigenvalue weighted by atomic mass is 10.2. The van der Waals surface area contributed by atoms with Gasteiger partial charge in [-0.2, -0.15) is 0 Å². The van der Waals surface area contributed by atoms with Gasteiger partial charge in [-0.1, -0.05) is 36.4 Å². The molecule has 124 valence electrons. The highest BCUT2D eigenvalue weighted by molar-refractivity contribution is 5.49. The van der Waals surface area contributed by atoms with Crippen molar-refractivity contribution in [1.82, 2.24) is 14.5 Å². The molecule has 1 saturated heterocycles. The van der Waals surface area contributed by atoms with Gasteiger partial charge >= 0.3 is 0 Å². The van der Waals surface area contributed by atoms with Crippen LogP contribution in [0.25, 0.3) is 5.82 Å². The molecular weight excluding hydrogens is 296 g/mol. The lowest BCUT2D eigenvalue weighted by Crippen LogP contribution is -2.32. The van der Waals surface area contributed by atoms with Gasteiger partial charge in [0.25, 0.3) is 0 Å². The molecule has 2 unspecified atom stereocenters. The van der Waals surface area contributed by atoms with Crippen molar-refractivity contribution in [3.8, 4) is 5.82 Å². The summed E-state index contributed by atoms with van der Waals surface area (Å²) in [5, 5.41) is 0. The number of nitrogens with zero attached hydrogens (tertiary/aromatic N) is 4. The number of benzene rings is 1. The third kappa shape index (κ3) is 3.82. The number of anilines is 1. The van der Waals surface area contributed by atoms with Crippen molar-refractivity contribution in [3.05, 3.63) is 73.4 Å². The fourth-order valence-corrected chi connectivity index (χ4v) is 3.17. The van der Waals surface area contributed by atoms with Gasteiger partial charge in [0.1, 0.15) is 12.1 Å². The zero-order chi connectivity index (χ0) is 16.8. The molecule has 1 aromatic carbocycles. The first-order valence-corrected chi connectivity index (χ1v) is 8.48. The Morgan fingerprint density at radius 3 is 2.00 bits per heavy atom. The van der Waals surface area contributed by atoms with Crippen molar-refractivity contribution in [3.63, 3.8) is 0 Å². The lowest BCUT2D eigenvalue weighted by Gasteiger charge is -2.28. The Morgan fingerprint density at radius 1 is 0.917 bits per heavy atom. The van der Waals surface area contributed by atoms with Crippen molar-refractivity contribution in [2.24, 2.45) is 0 Å². The van der Waals surface area contributed by atoms with Crippen LogP contribution in [-0.2, 0) is 0 Å². The third-order valence-electron chi connectivity index (χ3n) is 4.42. The van der Waals surface area contributed by atoms with Gasteiger partial charge in [0.05, 0.1) is 11.9 Å². The van der Waals surface area contributed by atoms with Crippen LogP contribution in [0.5, 0.6) is 0 Å². The summed E-state index contributed by atoms with van der Waals surface area (Å²) in [5.74, 6) is 0.913. The summed E-state index contributed by atoms with van der Waals surface area (Å²) < 4.78 is 1.92. The van der Waals surface area contributed by atoms with Gasteiger partial charge in [0, 0.05) is 24.5 Å². The SMILES string of the molecule is CC1CCC(C)N1c1ccc(-n2ccnc2)nc1.c1ccccc1. The maximum absolute atomic E-state index is 4.52. The minimum atomic E-state index is 0.612. The minimum absolute atomic E-state index is 0.612. The van der Waals surface area contributed by atoms with Gasteiger partial charge in [-0.15, -0.1) is 0 Å². The smallest absolute Gasteiger partial charge is 0.137 e. The highest BCUT2D eigenvalue weighted by Crippen LogP contribution is 2.29. The number of imidazole rings is 1. The Bertz CT molecular complexity index is 670. The topological polar surface area (TPSA) is 34.0 Å². The van der Waals surface area contributed by atoms with E-state index in [0.29, 0.717) is 12.1 Å². The molecule has 24 heavy (non-hydrogen) atoms. The standard InChI is InChI=1S/C14H18N4.C6H6/c1-11-3-4-12(2)18(11)13-5-6-14(16-9-13)17-8-7-15-10-17;1-2-4-6-5-3-1/h5-12H,3-4H2,1-2H3;1-6H. The first kappa shape index (κ1) is 16.2. The molecule has 1 aliphatic heterocycles. The highest BCUT2D eigenvalue weighted by Gasteiger charge is 2.27. The maximum atomic E-state index is 4.52. The maximum Gasteiger partial charge on any atom is 0.137 e. The predicted octanol–water partition coefficient (Wildman–Crippen LogP) is 4.33. The summed E-state index contributed by atoms with van der Waals surface area (Å²) in [5.41, 5.74) is 1.22. The molecule has 1 fully saturated rings. The Kier molecular flexibility index (Phi) is 5.26. The van der Waals surface area contributed by atoms with E-state index in [1.165, 1.54) is 18.5 Å². The van der Waals surface area contributed by atoms with Crippen LogP contribution in [-0.4, -0.2) is 26.6 Å². The van der Waals surface area contributed by atoms with Crippen LogP contribution < -0.4 is 4.90 Å². The van der Waals surface area contributed by atoms with E-state index in [-0.39, 0.29) is 0 Å². The Morgan fingerprint density at radius 2 is 1.54 bits per heavy atom. The van der Waals surface area contributed by atoms with Gasteiger partial charge in [-0.3, -0.25) is 4.57 Å². The Labute approximate surface area is 143 Å². The van der Waals surface area contributed by atoms with Gasteiger partial charge < -0.3 is 4.90 Å². The molecule has 0 aliphatic carbocycles. The van der Waals surface area contributed by atoms with E-state index in [9.17, 15) is 0 Å². The predicted molar refractivity (Wildman–Crippen MR) is 98.4 cm³/mol. The molecule has 0 bridgehead atoms. The Hall–Kier alpha value is -2.62. The quantitative estimate of drug-likeness (QED) is 0.705. The Balaban J connectivity index is 0.000000238. The number of hydrogen-bond donors (Lipinski definition) is 0. The van der Waals surface area contributed by atoms with E-state index < -0.39 is 0 Å². The van der Waals surface area contributed by atoms with E-state index in [2.05, 4.69) is 40.8 Å². The molecule has 0 amide bonds. The molecule has 3 aromatic rings. The fourth-order valence-electron chi connectivity index (χ4n) is 3.17. The van der Waals surface area contributed by atoms with Crippen molar-refractivity contribution in [2.45, 2.75) is 38.8 Å². The second kappa shape index (κ2) is 7.77. The summed E-state index contributed by atoms with van der Waals surface area (Å²) in [6, 6.07) is 17.4. The third-order valence-corrected chi connectivity index (χ3v) is 4.42. The first-order chi connectivity index (χ1) is 11.8. The van der Waals surface area contributed by atoms with Crippen molar-refractivity contribution in [1.29, 1.82) is 0 Å². The van der Waals surface area contributed by atoms with E-state index in [4.69, 9.17) is 0 Å². The van der Waals surface area contributed by atoms with Gasteiger partial charge in [-0.25, -0.2) is 9.97 Å². The van der Waals surface area contributed by atoms with Crippen LogP contribution in [0, 0.1) is 0 Å². The summed E-state index contributed by atoms with van der Waals surface area (Å²) in [6.45, 7) is 4.57. The first-order valence-electron chi connectivity index (χ1n) is 8.48. The molecule has 0 saturated carbocycles. The molecule has 4 heteroatoms. The molecule has 0 N–H and O–H groups in total. The number of pyridine rings is 1. The fraction of sp³-hybridized carbons (Fsp3) is 0.300. The largest absolute Gasteiger partial charge is 0.365 e. The summed E-state index contributed by atoms with van der Waals surface area (Å²) >= 11 is 0. The van der Waals surface area contributed by atoms with Crippen LogP contribution >= 0.6 is 0 Å². The zero-order valence-corrected chi connectivity index (χ0v) is 14.3. The summed E-state index contributed by atoms with van der Waals surface area (Å²) in [7, 11) is 0. The van der Waals surface area contributed by atoms with E-state index in [1.807, 2.05) is 53.4 Å². The minimum Gasteiger partial charge on any atom is -0.365 e. The van der Waals surface area contributed by atoms with Gasteiger partial charge in [-0.05, 0) is 38.8 Å². The van der Waals surface area contributed by atoms with Crippen molar-refractivity contribution >= 4 is 5.69 Å². The van der Waals surface area contributed by atoms with Gasteiger partial charge in [0.15, 0.2) is 0 Å². The normalized spacial score (nSPS) is 19.7. The number of rotatable bonds is 2. The van der Waals surface area contributed by atoms with Crippen LogP contribution in [0.1, 0.15) is 26.7 Å². The molecular formula is C20H24N4. The second-order valence-corrected chi connectivity index (χ2v) is 6.18. The van der Waals surface area contributed by atoms with E-state index in [0.717, 1.165) is 5.82 Å². The van der Waals surface area contributed by atoms with Crippen LogP contribution in [0.15, 0.2) is 73.4 Å². The van der Waals surface area contributed by atoms with E-state index >= 15 is 0 Å². The van der Waals surface area contributed by atoms with E-state index in [1.54, 1.807) is 12.5 Å². The monoisotopic (exact) mass is 320 g/mol. The molecule has 3 heterocycles. The average molecular weight is 320 g/mol. The molecule has 4 rings (SSSR count). The summed E-state index contributed by atoms with van der Waals surface area (Å²) in [6.07, 6.45) is 9.94. The zero-order valence-electron chi connectivity index (χ0n) is 14.3. The van der Waals surface area contributed by atoms with Gasteiger partial charge in [0.2, 0.25) is 0 Å². The molecule has 4 nitrogen and oxygen atoms in total. The lowest BCUT2D eigenvalue weighted by molar-refractivity contribution is 0.692. The molecule has 2 atom stereocenters. The van der Waals surface area contributed by atoms with Crippen LogP contribution in [0.3, 0.4) is 0 Å². The van der Waals surface area contributed by atoms with Crippen LogP contribution in [0.2, 0.25) is 0 Å².